The number of carbonyl (C=O) groups is 1. The van der Waals surface area contributed by atoms with Crippen LogP contribution in [0.4, 0.5) is 13.2 Å². The number of nitriles is 1. The molecule has 1 fully saturated rings. The summed E-state index contributed by atoms with van der Waals surface area (Å²) in [6.07, 6.45) is -0.805. The van der Waals surface area contributed by atoms with Crippen LogP contribution in [0.5, 0.6) is 5.75 Å². The van der Waals surface area contributed by atoms with Crippen LogP contribution >= 0.6 is 0 Å². The van der Waals surface area contributed by atoms with E-state index in [0.717, 1.165) is 22.3 Å². The average molecular weight is 467 g/mol. The van der Waals surface area contributed by atoms with Crippen molar-refractivity contribution in [3.05, 3.63) is 70.3 Å². The molecule has 1 unspecified atom stereocenters. The first kappa shape index (κ1) is 22.5. The third-order valence-electron chi connectivity index (χ3n) is 7.07. The fourth-order valence-electron chi connectivity index (χ4n) is 5.18. The first-order valence-electron chi connectivity index (χ1n) is 11.7. The summed E-state index contributed by atoms with van der Waals surface area (Å²) < 4.78 is 42.6. The minimum absolute atomic E-state index is 0.00452. The zero-order valence-electron chi connectivity index (χ0n) is 18.7. The van der Waals surface area contributed by atoms with Crippen LogP contribution in [0.2, 0.25) is 0 Å². The summed E-state index contributed by atoms with van der Waals surface area (Å²) in [5.41, 5.74) is 4.49. The Morgan fingerprint density at radius 2 is 1.91 bits per heavy atom. The van der Waals surface area contributed by atoms with Gasteiger partial charge in [0, 0.05) is 12.8 Å². The highest BCUT2D eigenvalue weighted by molar-refractivity contribution is 6.07. The summed E-state index contributed by atoms with van der Waals surface area (Å²) in [5, 5.41) is 12.8. The van der Waals surface area contributed by atoms with E-state index in [9.17, 15) is 23.2 Å². The quantitative estimate of drug-likeness (QED) is 0.537. The summed E-state index contributed by atoms with van der Waals surface area (Å²) in [5.74, 6) is 0.797. The highest BCUT2D eigenvalue weighted by Crippen LogP contribution is 2.47. The Morgan fingerprint density at radius 1 is 1.15 bits per heavy atom. The maximum atomic E-state index is 13.0. The highest BCUT2D eigenvalue weighted by Gasteiger charge is 2.45. The molecule has 2 aromatic rings. The van der Waals surface area contributed by atoms with E-state index in [0.29, 0.717) is 30.9 Å². The van der Waals surface area contributed by atoms with Crippen molar-refractivity contribution in [1.29, 1.82) is 5.26 Å². The fraction of sp³-hybridized carbons (Fsp3) is 0.407. The largest absolute Gasteiger partial charge is 0.494 e. The van der Waals surface area contributed by atoms with Gasteiger partial charge in [-0.2, -0.15) is 18.4 Å². The van der Waals surface area contributed by atoms with E-state index in [2.05, 4.69) is 23.5 Å². The van der Waals surface area contributed by atoms with Crippen LogP contribution < -0.4 is 10.1 Å². The lowest BCUT2D eigenvalue weighted by atomic mass is 9.78. The van der Waals surface area contributed by atoms with Crippen molar-refractivity contribution in [1.82, 2.24) is 5.32 Å². The maximum Gasteiger partial charge on any atom is 0.389 e. The Balaban J connectivity index is 1.37. The molecule has 1 N–H and O–H groups in total. The van der Waals surface area contributed by atoms with Crippen molar-refractivity contribution in [2.24, 2.45) is 0 Å². The number of hydrogen-bond acceptors (Lipinski definition) is 3. The van der Waals surface area contributed by atoms with Crippen LogP contribution in [0.3, 0.4) is 0 Å². The van der Waals surface area contributed by atoms with Gasteiger partial charge in [0.05, 0.1) is 12.1 Å². The Kier molecular flexibility index (Phi) is 5.63. The molecule has 1 spiro atoms. The molecular weight excluding hydrogens is 441 g/mol. The fourth-order valence-corrected chi connectivity index (χ4v) is 5.18. The third kappa shape index (κ3) is 4.42. The molecule has 7 heteroatoms. The van der Waals surface area contributed by atoms with Crippen LogP contribution in [-0.4, -0.2) is 18.7 Å². The van der Waals surface area contributed by atoms with Gasteiger partial charge in [0.2, 0.25) is 0 Å². The second kappa shape index (κ2) is 8.50. The number of fused-ring (bicyclic) bond motifs is 2. The maximum absolute atomic E-state index is 13.0. The van der Waals surface area contributed by atoms with Crippen molar-refractivity contribution in [3.8, 4) is 11.8 Å². The molecule has 3 aliphatic rings. The number of nitrogens with zero attached hydrogens (tertiary/aromatic N) is 1. The van der Waals surface area contributed by atoms with Crippen molar-refractivity contribution in [3.63, 3.8) is 0 Å². The molecule has 1 heterocycles. The van der Waals surface area contributed by atoms with Gasteiger partial charge in [-0.3, -0.25) is 4.79 Å². The second-order valence-corrected chi connectivity index (χ2v) is 9.46. The monoisotopic (exact) mass is 466 g/mol. The number of halogens is 3. The Labute approximate surface area is 196 Å². The van der Waals surface area contributed by atoms with E-state index >= 15 is 0 Å². The number of hydrogen-bond donors (Lipinski definition) is 1. The first-order chi connectivity index (χ1) is 16.3. The van der Waals surface area contributed by atoms with Gasteiger partial charge < -0.3 is 10.1 Å². The van der Waals surface area contributed by atoms with E-state index in [1.165, 1.54) is 18.4 Å². The molecule has 176 valence electrons. The Bertz CT molecular complexity index is 1190. The summed E-state index contributed by atoms with van der Waals surface area (Å²) in [7, 11) is 0. The average Bonchev–Trinajstić information content (AvgIpc) is 3.60. The number of amides is 1. The lowest BCUT2D eigenvalue weighted by molar-refractivity contribution is -0.136. The summed E-state index contributed by atoms with van der Waals surface area (Å²) in [4.78, 5) is 13.0. The molecule has 1 saturated carbocycles. The Hall–Kier alpha value is -3.27. The zero-order valence-corrected chi connectivity index (χ0v) is 18.7. The lowest BCUT2D eigenvalue weighted by Gasteiger charge is -2.37. The molecule has 0 aromatic heterocycles. The van der Waals surface area contributed by atoms with E-state index in [4.69, 9.17) is 4.74 Å². The van der Waals surface area contributed by atoms with Gasteiger partial charge in [0.15, 0.2) is 0 Å². The number of carbonyl (C=O) groups excluding carboxylic acids is 1. The zero-order chi connectivity index (χ0) is 23.9. The van der Waals surface area contributed by atoms with Gasteiger partial charge >= 0.3 is 6.18 Å². The van der Waals surface area contributed by atoms with Gasteiger partial charge in [-0.1, -0.05) is 30.3 Å². The molecule has 34 heavy (non-hydrogen) atoms. The van der Waals surface area contributed by atoms with E-state index in [-0.39, 0.29) is 24.5 Å². The SMILES string of the molecule is N#CC1=C(c2ccc(C3CC3)cc2)CC2(CCc3cc(OCCCC(F)(F)F)ccc32)NC1=O. The van der Waals surface area contributed by atoms with Gasteiger partial charge in [0.1, 0.15) is 17.4 Å². The normalized spacial score (nSPS) is 21.9. The number of aryl methyl sites for hydroxylation is 1. The number of rotatable bonds is 6. The van der Waals surface area contributed by atoms with Crippen LogP contribution in [0.25, 0.3) is 5.57 Å². The molecule has 1 aliphatic heterocycles. The standard InChI is InChI=1S/C27H25F3N2O2/c28-27(29,30)11-1-13-34-21-8-9-24-20(14-21)10-12-26(24)15-22(23(16-31)25(33)32-26)19-6-4-18(5-7-19)17-2-3-17/h4-9,14,17H,1-3,10-13,15H2,(H,32,33). The van der Waals surface area contributed by atoms with Crippen LogP contribution in [0.1, 0.15) is 66.7 Å². The second-order valence-electron chi connectivity index (χ2n) is 9.46. The molecule has 1 amide bonds. The van der Waals surface area contributed by atoms with Crippen LogP contribution in [0.15, 0.2) is 48.0 Å². The van der Waals surface area contributed by atoms with Crippen molar-refractivity contribution in [2.45, 2.75) is 62.6 Å². The van der Waals surface area contributed by atoms with Crippen LogP contribution in [0, 0.1) is 11.3 Å². The minimum atomic E-state index is -4.18. The van der Waals surface area contributed by atoms with Crippen molar-refractivity contribution < 1.29 is 22.7 Å². The van der Waals surface area contributed by atoms with Gasteiger partial charge in [-0.05, 0) is 78.0 Å². The highest BCUT2D eigenvalue weighted by atomic mass is 19.4. The molecule has 0 radical (unpaired) electrons. The molecule has 1 atom stereocenters. The number of nitrogens with one attached hydrogen (secondary N) is 1. The molecule has 2 aliphatic carbocycles. The summed E-state index contributed by atoms with van der Waals surface area (Å²) >= 11 is 0. The predicted octanol–water partition coefficient (Wildman–Crippen LogP) is 5.92. The molecule has 0 bridgehead atoms. The first-order valence-corrected chi connectivity index (χ1v) is 11.7. The van der Waals surface area contributed by atoms with Gasteiger partial charge in [-0.15, -0.1) is 0 Å². The summed E-state index contributed by atoms with van der Waals surface area (Å²) in [6, 6.07) is 15.8. The lowest BCUT2D eigenvalue weighted by Crippen LogP contribution is -2.48. The van der Waals surface area contributed by atoms with E-state index in [1.807, 2.05) is 24.3 Å². The van der Waals surface area contributed by atoms with Crippen LogP contribution in [-0.2, 0) is 16.8 Å². The molecule has 5 rings (SSSR count). The number of alkyl halides is 3. The van der Waals surface area contributed by atoms with Gasteiger partial charge in [-0.25, -0.2) is 0 Å². The van der Waals surface area contributed by atoms with Gasteiger partial charge in [0.25, 0.3) is 5.91 Å². The summed E-state index contributed by atoms with van der Waals surface area (Å²) in [6.45, 7) is -0.00452. The van der Waals surface area contributed by atoms with Crippen molar-refractivity contribution in [2.75, 3.05) is 6.61 Å². The van der Waals surface area contributed by atoms with Crippen molar-refractivity contribution >= 4 is 11.5 Å². The third-order valence-corrected chi connectivity index (χ3v) is 7.07. The molecule has 4 nitrogen and oxygen atoms in total. The van der Waals surface area contributed by atoms with E-state index in [1.54, 1.807) is 6.07 Å². The number of benzene rings is 2. The molecular formula is C27H25F3N2O2. The van der Waals surface area contributed by atoms with E-state index < -0.39 is 18.1 Å². The molecule has 2 aromatic carbocycles. The minimum Gasteiger partial charge on any atom is -0.494 e. The molecule has 0 saturated heterocycles. The Morgan fingerprint density at radius 3 is 2.59 bits per heavy atom. The number of ether oxygens (including phenoxy) is 1. The predicted molar refractivity (Wildman–Crippen MR) is 121 cm³/mol. The smallest absolute Gasteiger partial charge is 0.389 e. The topological polar surface area (TPSA) is 62.1 Å².